The molecule has 1 fully saturated rings. The summed E-state index contributed by atoms with van der Waals surface area (Å²) in [5, 5.41) is 0. The Hall–Kier alpha value is -0.470. The maximum atomic E-state index is 5.77. The number of hydrogen-bond donors (Lipinski definition) is 0. The molecule has 0 aromatic heterocycles. The van der Waals surface area contributed by atoms with E-state index in [1.54, 1.807) is 0 Å². The van der Waals surface area contributed by atoms with Crippen LogP contribution in [0.4, 0.5) is 0 Å². The molecule has 2 rings (SSSR count). The fourth-order valence-electron chi connectivity index (χ4n) is 1.98. The number of hydrogen-bond acceptors (Lipinski definition) is 2. The van der Waals surface area contributed by atoms with E-state index >= 15 is 0 Å². The van der Waals surface area contributed by atoms with E-state index in [1.165, 1.54) is 17.7 Å². The molecule has 1 aromatic carbocycles. The smallest absolute Gasteiger partial charge is 0.0720 e. The van der Waals surface area contributed by atoms with E-state index < -0.39 is 0 Å². The lowest BCUT2D eigenvalue weighted by molar-refractivity contribution is 0.0882. The second-order valence-electron chi connectivity index (χ2n) is 4.52. The first kappa shape index (κ1) is 11.0. The molecule has 15 heavy (non-hydrogen) atoms. The Labute approximate surface area is 96.2 Å². The Kier molecular flexibility index (Phi) is 3.37. The molecule has 1 saturated heterocycles. The standard InChI is InChI=1S/C13H18OS/c1-13(2,12-9-6-10-14-12)15-11-7-4-3-5-8-11/h3-5,7-8,12H,6,9-10H2,1-2H3. The molecule has 0 N–H and O–H groups in total. The van der Waals surface area contributed by atoms with E-state index in [0.29, 0.717) is 6.10 Å². The summed E-state index contributed by atoms with van der Waals surface area (Å²) in [5.74, 6) is 0. The third-order valence-corrected chi connectivity index (χ3v) is 4.13. The zero-order valence-corrected chi connectivity index (χ0v) is 10.2. The highest BCUT2D eigenvalue weighted by Gasteiger charge is 2.33. The Morgan fingerprint density at radius 2 is 2.00 bits per heavy atom. The first-order valence-corrected chi connectivity index (χ1v) is 6.36. The molecule has 0 saturated carbocycles. The summed E-state index contributed by atoms with van der Waals surface area (Å²) in [6.07, 6.45) is 2.82. The first-order valence-electron chi connectivity index (χ1n) is 5.54. The van der Waals surface area contributed by atoms with Gasteiger partial charge in [-0.25, -0.2) is 0 Å². The van der Waals surface area contributed by atoms with E-state index in [0.717, 1.165) is 6.61 Å². The molecule has 82 valence electrons. The van der Waals surface area contributed by atoms with Gasteiger partial charge in [-0.3, -0.25) is 0 Å². The molecule has 0 radical (unpaired) electrons. The minimum atomic E-state index is 0.178. The van der Waals surface area contributed by atoms with Crippen LogP contribution in [-0.2, 0) is 4.74 Å². The molecule has 1 heterocycles. The van der Waals surface area contributed by atoms with Crippen LogP contribution in [0.3, 0.4) is 0 Å². The summed E-state index contributed by atoms with van der Waals surface area (Å²) < 4.78 is 5.95. The van der Waals surface area contributed by atoms with Crippen LogP contribution < -0.4 is 0 Å². The van der Waals surface area contributed by atoms with Crippen molar-refractivity contribution in [1.29, 1.82) is 0 Å². The lowest BCUT2D eigenvalue weighted by atomic mass is 10.0. The fraction of sp³-hybridized carbons (Fsp3) is 0.538. The van der Waals surface area contributed by atoms with Crippen molar-refractivity contribution in [3.8, 4) is 0 Å². The minimum absolute atomic E-state index is 0.178. The first-order chi connectivity index (χ1) is 7.18. The monoisotopic (exact) mass is 222 g/mol. The predicted molar refractivity (Wildman–Crippen MR) is 65.4 cm³/mol. The number of ether oxygens (including phenoxy) is 1. The molecule has 0 bridgehead atoms. The lowest BCUT2D eigenvalue weighted by Gasteiger charge is -2.30. The van der Waals surface area contributed by atoms with Crippen molar-refractivity contribution in [1.82, 2.24) is 0 Å². The largest absolute Gasteiger partial charge is 0.377 e. The molecule has 1 atom stereocenters. The van der Waals surface area contributed by atoms with E-state index in [4.69, 9.17) is 4.74 Å². The average molecular weight is 222 g/mol. The van der Waals surface area contributed by atoms with Crippen LogP contribution in [0.5, 0.6) is 0 Å². The van der Waals surface area contributed by atoms with Gasteiger partial charge in [-0.15, -0.1) is 11.8 Å². The van der Waals surface area contributed by atoms with Gasteiger partial charge in [-0.05, 0) is 38.8 Å². The van der Waals surface area contributed by atoms with E-state index in [2.05, 4.69) is 44.2 Å². The van der Waals surface area contributed by atoms with E-state index in [9.17, 15) is 0 Å². The Morgan fingerprint density at radius 3 is 2.60 bits per heavy atom. The van der Waals surface area contributed by atoms with Gasteiger partial charge in [0.1, 0.15) is 0 Å². The molecular formula is C13H18OS. The van der Waals surface area contributed by atoms with Crippen LogP contribution >= 0.6 is 11.8 Å². The van der Waals surface area contributed by atoms with Crippen molar-refractivity contribution in [2.24, 2.45) is 0 Å². The summed E-state index contributed by atoms with van der Waals surface area (Å²) in [6.45, 7) is 5.49. The highest BCUT2D eigenvalue weighted by atomic mass is 32.2. The molecule has 0 spiro atoms. The van der Waals surface area contributed by atoms with Crippen LogP contribution in [-0.4, -0.2) is 17.5 Å². The van der Waals surface area contributed by atoms with Crippen LogP contribution in [0.1, 0.15) is 26.7 Å². The summed E-state index contributed by atoms with van der Waals surface area (Å²) in [4.78, 5) is 1.33. The number of rotatable bonds is 3. The third-order valence-electron chi connectivity index (χ3n) is 2.83. The van der Waals surface area contributed by atoms with Gasteiger partial charge in [-0.1, -0.05) is 18.2 Å². The van der Waals surface area contributed by atoms with Crippen LogP contribution in [0, 0.1) is 0 Å². The zero-order chi connectivity index (χ0) is 10.7. The SMILES string of the molecule is CC(C)(Sc1ccccc1)C1CCCO1. The van der Waals surface area contributed by atoms with Gasteiger partial charge in [0, 0.05) is 16.2 Å². The minimum Gasteiger partial charge on any atom is -0.377 e. The lowest BCUT2D eigenvalue weighted by Crippen LogP contribution is -2.31. The maximum absolute atomic E-state index is 5.77. The zero-order valence-electron chi connectivity index (χ0n) is 9.40. The highest BCUT2D eigenvalue weighted by Crippen LogP contribution is 2.39. The molecule has 1 aromatic rings. The van der Waals surface area contributed by atoms with Gasteiger partial charge in [0.05, 0.1) is 6.10 Å². The topological polar surface area (TPSA) is 9.23 Å². The summed E-state index contributed by atoms with van der Waals surface area (Å²) in [5.41, 5.74) is 0. The maximum Gasteiger partial charge on any atom is 0.0720 e. The van der Waals surface area contributed by atoms with Crippen molar-refractivity contribution < 1.29 is 4.74 Å². The average Bonchev–Trinajstić information content (AvgIpc) is 2.71. The van der Waals surface area contributed by atoms with Gasteiger partial charge in [0.25, 0.3) is 0 Å². The Bertz CT molecular complexity index is 302. The van der Waals surface area contributed by atoms with Gasteiger partial charge >= 0.3 is 0 Å². The molecule has 1 aliphatic rings. The van der Waals surface area contributed by atoms with Gasteiger partial charge in [-0.2, -0.15) is 0 Å². The predicted octanol–water partition coefficient (Wildman–Crippen LogP) is 3.74. The molecule has 0 amide bonds. The third kappa shape index (κ3) is 2.76. The van der Waals surface area contributed by atoms with E-state index in [-0.39, 0.29) is 4.75 Å². The molecule has 2 heteroatoms. The molecule has 1 nitrogen and oxygen atoms in total. The van der Waals surface area contributed by atoms with Gasteiger partial charge in [0.2, 0.25) is 0 Å². The van der Waals surface area contributed by atoms with Gasteiger partial charge < -0.3 is 4.74 Å². The second kappa shape index (κ2) is 4.58. The fourth-order valence-corrected chi connectivity index (χ4v) is 3.20. The highest BCUT2D eigenvalue weighted by molar-refractivity contribution is 8.00. The van der Waals surface area contributed by atoms with Crippen LogP contribution in [0.2, 0.25) is 0 Å². The Balaban J connectivity index is 2.03. The van der Waals surface area contributed by atoms with Gasteiger partial charge in [0.15, 0.2) is 0 Å². The molecule has 1 aliphatic heterocycles. The van der Waals surface area contributed by atoms with Crippen LogP contribution in [0.15, 0.2) is 35.2 Å². The Morgan fingerprint density at radius 1 is 1.27 bits per heavy atom. The van der Waals surface area contributed by atoms with Crippen molar-refractivity contribution in [2.75, 3.05) is 6.61 Å². The van der Waals surface area contributed by atoms with Crippen LogP contribution in [0.25, 0.3) is 0 Å². The van der Waals surface area contributed by atoms with Crippen molar-refractivity contribution in [3.05, 3.63) is 30.3 Å². The summed E-state index contributed by atoms with van der Waals surface area (Å²) >= 11 is 1.92. The number of benzene rings is 1. The number of thioether (sulfide) groups is 1. The molecular weight excluding hydrogens is 204 g/mol. The van der Waals surface area contributed by atoms with E-state index in [1.807, 2.05) is 11.8 Å². The summed E-state index contributed by atoms with van der Waals surface area (Å²) in [7, 11) is 0. The van der Waals surface area contributed by atoms with Crippen molar-refractivity contribution in [3.63, 3.8) is 0 Å². The van der Waals surface area contributed by atoms with Crippen molar-refractivity contribution in [2.45, 2.75) is 42.4 Å². The quantitative estimate of drug-likeness (QED) is 0.721. The van der Waals surface area contributed by atoms with Crippen molar-refractivity contribution >= 4 is 11.8 Å². The second-order valence-corrected chi connectivity index (χ2v) is 6.25. The molecule has 1 unspecified atom stereocenters. The summed E-state index contributed by atoms with van der Waals surface area (Å²) in [6, 6.07) is 10.6. The normalized spacial score (nSPS) is 21.9. The molecule has 0 aliphatic carbocycles.